The summed E-state index contributed by atoms with van der Waals surface area (Å²) >= 11 is 11.9. The first-order valence-corrected chi connectivity index (χ1v) is 8.20. The fraction of sp³-hybridized carbons (Fsp3) is 0.111. The van der Waals surface area contributed by atoms with E-state index in [4.69, 9.17) is 33.7 Å². The molecule has 3 rings (SSSR count). The Morgan fingerprint density at radius 1 is 1.16 bits per heavy atom. The summed E-state index contributed by atoms with van der Waals surface area (Å²) in [6.45, 7) is 1.60. The highest BCUT2D eigenvalue weighted by atomic mass is 35.5. The second-order valence-electron chi connectivity index (χ2n) is 5.47. The van der Waals surface area contributed by atoms with Gasteiger partial charge in [-0.3, -0.25) is 14.2 Å². The van der Waals surface area contributed by atoms with Crippen LogP contribution in [0.15, 0.2) is 48.7 Å². The predicted octanol–water partition coefficient (Wildman–Crippen LogP) is 4.15. The Hall–Kier alpha value is -2.50. The molecule has 0 saturated heterocycles. The van der Waals surface area contributed by atoms with Crippen LogP contribution in [0.2, 0.25) is 10.0 Å². The first-order chi connectivity index (χ1) is 11.9. The minimum absolute atomic E-state index is 0.278. The molecule has 0 aliphatic carbocycles. The van der Waals surface area contributed by atoms with Crippen molar-refractivity contribution in [3.63, 3.8) is 0 Å². The van der Waals surface area contributed by atoms with Gasteiger partial charge in [-0.25, -0.2) is 0 Å². The molecule has 2 aromatic carbocycles. The van der Waals surface area contributed by atoms with Crippen LogP contribution < -0.4 is 10.5 Å². The molecule has 3 aromatic rings. The van der Waals surface area contributed by atoms with Gasteiger partial charge in [-0.05, 0) is 31.2 Å². The van der Waals surface area contributed by atoms with Crippen LogP contribution in [0.1, 0.15) is 22.1 Å². The van der Waals surface area contributed by atoms with Crippen LogP contribution in [0.5, 0.6) is 5.75 Å². The summed E-state index contributed by atoms with van der Waals surface area (Å²) < 4.78 is 7.02. The molecule has 0 unspecified atom stereocenters. The summed E-state index contributed by atoms with van der Waals surface area (Å²) in [5.41, 5.74) is 6.26. The Balaban J connectivity index is 1.95. The Morgan fingerprint density at radius 3 is 2.56 bits per heavy atom. The Labute approximate surface area is 153 Å². The molecule has 5 nitrogen and oxygen atoms in total. The lowest BCUT2D eigenvalue weighted by molar-refractivity contribution is 0.0734. The number of carbonyl (C=O) groups excluding carboxylic acids is 2. The molecule has 2 N–H and O–H groups in total. The summed E-state index contributed by atoms with van der Waals surface area (Å²) in [5.74, 6) is -0.606. The van der Waals surface area contributed by atoms with E-state index in [-0.39, 0.29) is 11.5 Å². The quantitative estimate of drug-likeness (QED) is 0.742. The number of rotatable bonds is 4. The van der Waals surface area contributed by atoms with Gasteiger partial charge in [0.05, 0.1) is 16.1 Å². The zero-order chi connectivity index (χ0) is 18.1. The maximum atomic E-state index is 12.8. The number of hydrogen-bond acceptors (Lipinski definition) is 3. The highest BCUT2D eigenvalue weighted by molar-refractivity contribution is 6.35. The van der Waals surface area contributed by atoms with Crippen molar-refractivity contribution in [3.8, 4) is 5.75 Å². The van der Waals surface area contributed by atoms with Crippen LogP contribution in [0.25, 0.3) is 10.9 Å². The molecular weight excluding hydrogens is 363 g/mol. The van der Waals surface area contributed by atoms with Gasteiger partial charge in [0.1, 0.15) is 5.75 Å². The summed E-state index contributed by atoms with van der Waals surface area (Å²) in [6, 6.07) is 11.8. The van der Waals surface area contributed by atoms with Gasteiger partial charge in [-0.15, -0.1) is 0 Å². The summed E-state index contributed by atoms with van der Waals surface area (Å²) in [4.78, 5) is 24.4. The molecule has 0 saturated carbocycles. The molecule has 0 spiro atoms. The van der Waals surface area contributed by atoms with Gasteiger partial charge in [-0.1, -0.05) is 41.4 Å². The van der Waals surface area contributed by atoms with Gasteiger partial charge in [-0.2, -0.15) is 0 Å². The molecular formula is C18H14Cl2N2O3. The number of aromatic nitrogens is 1. The molecule has 0 radical (unpaired) electrons. The Bertz CT molecular complexity index is 982. The van der Waals surface area contributed by atoms with E-state index in [0.717, 1.165) is 0 Å². The molecule has 7 heteroatoms. The normalized spacial score (nSPS) is 12.1. The lowest BCUT2D eigenvalue weighted by Gasteiger charge is -2.15. The number of primary amides is 1. The SMILES string of the molecule is C[C@H](Oc1ccc(Cl)cc1Cl)C(=O)n1cc(C(N)=O)c2ccccc21. The molecule has 128 valence electrons. The van der Waals surface area contributed by atoms with Gasteiger partial charge in [0, 0.05) is 16.6 Å². The standard InChI is InChI=1S/C18H14Cl2N2O3/c1-10(25-16-7-6-11(19)8-14(16)20)18(24)22-9-13(17(21)23)12-4-2-3-5-15(12)22/h2-10H,1H3,(H2,21,23)/t10-/m0/s1. The second kappa shape index (κ2) is 6.78. The number of fused-ring (bicyclic) bond motifs is 1. The third-order valence-corrected chi connectivity index (χ3v) is 4.29. The molecule has 1 heterocycles. The molecule has 0 fully saturated rings. The number of halogens is 2. The summed E-state index contributed by atoms with van der Waals surface area (Å²) in [7, 11) is 0. The van der Waals surface area contributed by atoms with E-state index in [1.165, 1.54) is 16.8 Å². The summed E-state index contributed by atoms with van der Waals surface area (Å²) in [5, 5.41) is 1.39. The van der Waals surface area contributed by atoms with E-state index in [1.807, 2.05) is 0 Å². The van der Waals surface area contributed by atoms with E-state index in [9.17, 15) is 9.59 Å². The van der Waals surface area contributed by atoms with Gasteiger partial charge < -0.3 is 10.5 Å². The van der Waals surface area contributed by atoms with Crippen LogP contribution in [0, 0.1) is 0 Å². The van der Waals surface area contributed by atoms with E-state index < -0.39 is 12.0 Å². The first-order valence-electron chi connectivity index (χ1n) is 7.44. The zero-order valence-electron chi connectivity index (χ0n) is 13.2. The largest absolute Gasteiger partial charge is 0.479 e. The highest BCUT2D eigenvalue weighted by Crippen LogP contribution is 2.29. The first kappa shape index (κ1) is 17.3. The van der Waals surface area contributed by atoms with E-state index >= 15 is 0 Å². The fourth-order valence-electron chi connectivity index (χ4n) is 2.57. The van der Waals surface area contributed by atoms with Gasteiger partial charge in [0.15, 0.2) is 6.10 Å². The molecule has 1 atom stereocenters. The van der Waals surface area contributed by atoms with E-state index in [1.54, 1.807) is 43.3 Å². The van der Waals surface area contributed by atoms with Crippen molar-refractivity contribution >= 4 is 45.9 Å². The van der Waals surface area contributed by atoms with Crippen molar-refractivity contribution in [3.05, 3.63) is 64.3 Å². The van der Waals surface area contributed by atoms with Crippen molar-refractivity contribution in [1.82, 2.24) is 4.57 Å². The number of amides is 1. The number of para-hydroxylation sites is 1. The molecule has 0 aliphatic rings. The molecule has 0 bridgehead atoms. The molecule has 1 amide bonds. The van der Waals surface area contributed by atoms with Gasteiger partial charge in [0.2, 0.25) is 0 Å². The van der Waals surface area contributed by atoms with Crippen molar-refractivity contribution in [2.75, 3.05) is 0 Å². The lowest BCUT2D eigenvalue weighted by Crippen LogP contribution is -2.29. The Morgan fingerprint density at radius 2 is 1.88 bits per heavy atom. The number of nitrogens with zero attached hydrogens (tertiary/aromatic N) is 1. The van der Waals surface area contributed by atoms with Crippen molar-refractivity contribution in [2.45, 2.75) is 13.0 Å². The number of benzene rings is 2. The zero-order valence-corrected chi connectivity index (χ0v) is 14.7. The minimum Gasteiger partial charge on any atom is -0.479 e. The van der Waals surface area contributed by atoms with Crippen LogP contribution in [0.3, 0.4) is 0 Å². The van der Waals surface area contributed by atoms with Crippen LogP contribution in [-0.4, -0.2) is 22.5 Å². The molecule has 1 aromatic heterocycles. The van der Waals surface area contributed by atoms with Crippen LogP contribution in [0.4, 0.5) is 0 Å². The smallest absolute Gasteiger partial charge is 0.271 e. The van der Waals surface area contributed by atoms with E-state index in [0.29, 0.717) is 26.7 Å². The van der Waals surface area contributed by atoms with Crippen LogP contribution >= 0.6 is 23.2 Å². The monoisotopic (exact) mass is 376 g/mol. The van der Waals surface area contributed by atoms with E-state index in [2.05, 4.69) is 0 Å². The average Bonchev–Trinajstić information content (AvgIpc) is 2.96. The topological polar surface area (TPSA) is 74.3 Å². The predicted molar refractivity (Wildman–Crippen MR) is 97.6 cm³/mol. The van der Waals surface area contributed by atoms with Crippen LogP contribution in [-0.2, 0) is 0 Å². The number of hydrogen-bond donors (Lipinski definition) is 1. The summed E-state index contributed by atoms with van der Waals surface area (Å²) in [6.07, 6.45) is 0.591. The minimum atomic E-state index is -0.838. The fourth-order valence-corrected chi connectivity index (χ4v) is 3.02. The van der Waals surface area contributed by atoms with Gasteiger partial charge >= 0.3 is 0 Å². The molecule has 25 heavy (non-hydrogen) atoms. The lowest BCUT2D eigenvalue weighted by atomic mass is 10.2. The highest BCUT2D eigenvalue weighted by Gasteiger charge is 2.22. The van der Waals surface area contributed by atoms with Crippen molar-refractivity contribution in [1.29, 1.82) is 0 Å². The Kier molecular flexibility index (Phi) is 4.70. The number of ether oxygens (including phenoxy) is 1. The maximum Gasteiger partial charge on any atom is 0.271 e. The third-order valence-electron chi connectivity index (χ3n) is 3.76. The van der Waals surface area contributed by atoms with Crippen molar-refractivity contribution in [2.24, 2.45) is 5.73 Å². The third kappa shape index (κ3) is 3.34. The average molecular weight is 377 g/mol. The number of nitrogens with two attached hydrogens (primary N) is 1. The van der Waals surface area contributed by atoms with Crippen molar-refractivity contribution < 1.29 is 14.3 Å². The number of carbonyl (C=O) groups is 2. The molecule has 0 aliphatic heterocycles. The van der Waals surface area contributed by atoms with Gasteiger partial charge in [0.25, 0.3) is 11.8 Å². The maximum absolute atomic E-state index is 12.8. The second-order valence-corrected chi connectivity index (χ2v) is 6.31.